The summed E-state index contributed by atoms with van der Waals surface area (Å²) >= 11 is 11.7. The summed E-state index contributed by atoms with van der Waals surface area (Å²) in [6.07, 6.45) is -3.92. The van der Waals surface area contributed by atoms with Crippen LogP contribution in [0.2, 0.25) is 5.02 Å². The maximum absolute atomic E-state index is 12.9. The zero-order valence-electron chi connectivity index (χ0n) is 16.6. The lowest BCUT2D eigenvalue weighted by atomic mass is 9.99. The van der Waals surface area contributed by atoms with E-state index in [0.29, 0.717) is 29.5 Å². The summed E-state index contributed by atoms with van der Waals surface area (Å²) in [6.45, 7) is 5.20. The molecule has 2 aromatic rings. The second-order valence-corrected chi connectivity index (χ2v) is 8.65. The third-order valence-electron chi connectivity index (χ3n) is 5.39. The standard InChI is InChI=1S/C22H22ClF3N2OS/c1-14(15-5-4-8-18(23)12-15)13-28-10-9-21(2,20(28)30)27-19(29)16-6-3-7-17(11-16)22(24,25)26/h3-8,11-12,14H,9-10,13H2,1-2H3,(H,27,29). The molecule has 0 aromatic heterocycles. The molecule has 1 fully saturated rings. The lowest BCUT2D eigenvalue weighted by molar-refractivity contribution is -0.137. The largest absolute Gasteiger partial charge is 0.416 e. The van der Waals surface area contributed by atoms with Crippen LogP contribution in [0.1, 0.15) is 47.7 Å². The monoisotopic (exact) mass is 454 g/mol. The molecule has 3 nitrogen and oxygen atoms in total. The number of carbonyl (C=O) groups is 1. The van der Waals surface area contributed by atoms with Crippen molar-refractivity contribution in [3.8, 4) is 0 Å². The fourth-order valence-electron chi connectivity index (χ4n) is 3.61. The van der Waals surface area contributed by atoms with Gasteiger partial charge in [0.15, 0.2) is 0 Å². The molecule has 30 heavy (non-hydrogen) atoms. The first kappa shape index (κ1) is 22.6. The summed E-state index contributed by atoms with van der Waals surface area (Å²) in [5.74, 6) is -0.404. The zero-order valence-corrected chi connectivity index (χ0v) is 18.2. The Morgan fingerprint density at radius 2 is 1.97 bits per heavy atom. The molecular weight excluding hydrogens is 433 g/mol. The molecule has 1 heterocycles. The van der Waals surface area contributed by atoms with Crippen LogP contribution in [-0.4, -0.2) is 34.4 Å². The highest BCUT2D eigenvalue weighted by atomic mass is 35.5. The van der Waals surface area contributed by atoms with Crippen molar-refractivity contribution in [2.24, 2.45) is 0 Å². The summed E-state index contributed by atoms with van der Waals surface area (Å²) in [6, 6.07) is 12.0. The topological polar surface area (TPSA) is 32.3 Å². The van der Waals surface area contributed by atoms with E-state index in [1.165, 1.54) is 12.1 Å². The molecule has 2 unspecified atom stereocenters. The van der Waals surface area contributed by atoms with Crippen LogP contribution < -0.4 is 5.32 Å². The Hall–Kier alpha value is -2.12. The fraction of sp³-hybridized carbons (Fsp3) is 0.364. The van der Waals surface area contributed by atoms with E-state index in [0.717, 1.165) is 17.7 Å². The van der Waals surface area contributed by atoms with Crippen LogP contribution in [0.4, 0.5) is 13.2 Å². The minimum absolute atomic E-state index is 0.0420. The quantitative estimate of drug-likeness (QED) is 0.589. The third-order valence-corrected chi connectivity index (χ3v) is 6.34. The van der Waals surface area contributed by atoms with Crippen molar-refractivity contribution in [2.45, 2.75) is 37.9 Å². The van der Waals surface area contributed by atoms with Crippen molar-refractivity contribution >= 4 is 34.7 Å². The first-order chi connectivity index (χ1) is 14.0. The lowest BCUT2D eigenvalue weighted by Crippen LogP contribution is -2.51. The summed E-state index contributed by atoms with van der Waals surface area (Å²) in [7, 11) is 0. The number of carbonyl (C=O) groups excluding carboxylic acids is 1. The van der Waals surface area contributed by atoms with Crippen LogP contribution in [-0.2, 0) is 6.18 Å². The number of alkyl halides is 3. The average molecular weight is 455 g/mol. The number of nitrogens with one attached hydrogen (secondary N) is 1. The first-order valence-electron chi connectivity index (χ1n) is 9.54. The molecule has 1 saturated heterocycles. The van der Waals surface area contributed by atoms with Gasteiger partial charge >= 0.3 is 6.18 Å². The zero-order chi connectivity index (χ0) is 22.1. The molecule has 2 aromatic carbocycles. The van der Waals surface area contributed by atoms with E-state index in [9.17, 15) is 18.0 Å². The van der Waals surface area contributed by atoms with Crippen molar-refractivity contribution < 1.29 is 18.0 Å². The second-order valence-electron chi connectivity index (χ2n) is 7.82. The second kappa shape index (κ2) is 8.55. The highest BCUT2D eigenvalue weighted by molar-refractivity contribution is 7.80. The predicted octanol–water partition coefficient (Wildman–Crippen LogP) is 5.68. The van der Waals surface area contributed by atoms with Gasteiger partial charge < -0.3 is 10.2 Å². The van der Waals surface area contributed by atoms with Gasteiger partial charge in [0.05, 0.1) is 11.1 Å². The van der Waals surface area contributed by atoms with Crippen LogP contribution >= 0.6 is 23.8 Å². The van der Waals surface area contributed by atoms with Gasteiger partial charge in [-0.1, -0.05) is 48.9 Å². The minimum Gasteiger partial charge on any atom is -0.364 e. The molecule has 0 aliphatic carbocycles. The Morgan fingerprint density at radius 1 is 1.27 bits per heavy atom. The van der Waals surface area contributed by atoms with E-state index in [-0.39, 0.29) is 11.5 Å². The lowest BCUT2D eigenvalue weighted by Gasteiger charge is -2.29. The number of hydrogen-bond acceptors (Lipinski definition) is 2. The summed E-state index contributed by atoms with van der Waals surface area (Å²) in [5, 5.41) is 3.51. The molecule has 1 N–H and O–H groups in total. The molecule has 8 heteroatoms. The molecular formula is C22H22ClF3N2OS. The molecule has 0 saturated carbocycles. The normalized spacial score (nSPS) is 20.3. The molecule has 2 atom stereocenters. The molecule has 3 rings (SSSR count). The van der Waals surface area contributed by atoms with Crippen molar-refractivity contribution in [3.05, 3.63) is 70.2 Å². The molecule has 0 radical (unpaired) electrons. The van der Waals surface area contributed by atoms with E-state index in [1.54, 1.807) is 0 Å². The van der Waals surface area contributed by atoms with E-state index < -0.39 is 23.2 Å². The Morgan fingerprint density at radius 3 is 2.63 bits per heavy atom. The maximum atomic E-state index is 12.9. The van der Waals surface area contributed by atoms with E-state index in [1.807, 2.05) is 36.1 Å². The number of rotatable bonds is 5. The van der Waals surface area contributed by atoms with Gasteiger partial charge in [0.1, 0.15) is 4.99 Å². The average Bonchev–Trinajstić information content (AvgIpc) is 2.95. The minimum atomic E-state index is -4.50. The summed E-state index contributed by atoms with van der Waals surface area (Å²) in [5.41, 5.74) is -0.605. The van der Waals surface area contributed by atoms with E-state index in [2.05, 4.69) is 12.2 Å². The third kappa shape index (κ3) is 4.95. The van der Waals surface area contributed by atoms with E-state index >= 15 is 0 Å². The number of amides is 1. The van der Waals surface area contributed by atoms with Crippen molar-refractivity contribution in [2.75, 3.05) is 13.1 Å². The SMILES string of the molecule is CC(CN1CCC(C)(NC(=O)c2cccc(C(F)(F)F)c2)C1=S)c1cccc(Cl)c1. The van der Waals surface area contributed by atoms with Crippen LogP contribution in [0.5, 0.6) is 0 Å². The van der Waals surface area contributed by atoms with Gasteiger partial charge in [0.2, 0.25) is 0 Å². The number of thiocarbonyl (C=S) groups is 1. The van der Waals surface area contributed by atoms with Gasteiger partial charge in [-0.3, -0.25) is 4.79 Å². The van der Waals surface area contributed by atoms with Crippen LogP contribution in [0, 0.1) is 0 Å². The Labute approximate surface area is 184 Å². The summed E-state index contributed by atoms with van der Waals surface area (Å²) in [4.78, 5) is 15.3. The highest BCUT2D eigenvalue weighted by Crippen LogP contribution is 2.31. The van der Waals surface area contributed by atoms with E-state index in [4.69, 9.17) is 23.8 Å². The van der Waals surface area contributed by atoms with Crippen molar-refractivity contribution in [1.29, 1.82) is 0 Å². The van der Waals surface area contributed by atoms with Gasteiger partial charge in [0, 0.05) is 23.7 Å². The number of hydrogen-bond donors (Lipinski definition) is 1. The fourth-order valence-corrected chi connectivity index (χ4v) is 4.13. The molecule has 160 valence electrons. The molecule has 1 amide bonds. The number of likely N-dealkylation sites (tertiary alicyclic amines) is 1. The molecule has 0 bridgehead atoms. The van der Waals surface area contributed by atoms with Crippen LogP contribution in [0.25, 0.3) is 0 Å². The molecule has 1 aliphatic rings. The van der Waals surface area contributed by atoms with Gasteiger partial charge in [-0.05, 0) is 55.2 Å². The maximum Gasteiger partial charge on any atom is 0.416 e. The Bertz CT molecular complexity index is 965. The predicted molar refractivity (Wildman–Crippen MR) is 116 cm³/mol. The number of halogens is 4. The summed E-state index contributed by atoms with van der Waals surface area (Å²) < 4.78 is 38.8. The molecule has 1 aliphatic heterocycles. The van der Waals surface area contributed by atoms with Gasteiger partial charge in [-0.15, -0.1) is 0 Å². The Kier molecular flexibility index (Phi) is 6.43. The van der Waals surface area contributed by atoms with Crippen LogP contribution in [0.3, 0.4) is 0 Å². The van der Waals surface area contributed by atoms with Crippen molar-refractivity contribution in [1.82, 2.24) is 10.2 Å². The number of nitrogens with zero attached hydrogens (tertiary/aromatic N) is 1. The number of benzene rings is 2. The van der Waals surface area contributed by atoms with Gasteiger partial charge in [-0.25, -0.2) is 0 Å². The molecule has 0 spiro atoms. The van der Waals surface area contributed by atoms with Gasteiger partial charge in [0.25, 0.3) is 5.91 Å². The Balaban J connectivity index is 1.69. The first-order valence-corrected chi connectivity index (χ1v) is 10.3. The smallest absolute Gasteiger partial charge is 0.364 e. The van der Waals surface area contributed by atoms with Crippen molar-refractivity contribution in [3.63, 3.8) is 0 Å². The highest BCUT2D eigenvalue weighted by Gasteiger charge is 2.41. The van der Waals surface area contributed by atoms with Gasteiger partial charge in [-0.2, -0.15) is 13.2 Å². The van der Waals surface area contributed by atoms with Crippen LogP contribution in [0.15, 0.2) is 48.5 Å².